The van der Waals surface area contributed by atoms with Gasteiger partial charge in [-0.05, 0) is 38.8 Å². The van der Waals surface area contributed by atoms with Gasteiger partial charge in [-0.15, -0.1) is 0 Å². The van der Waals surface area contributed by atoms with Crippen LogP contribution in [-0.4, -0.2) is 57.7 Å². The van der Waals surface area contributed by atoms with Crippen LogP contribution in [0.25, 0.3) is 0 Å². The van der Waals surface area contributed by atoms with Crippen molar-refractivity contribution in [3.8, 4) is 0 Å². The number of hydrogen-bond acceptors (Lipinski definition) is 4. The summed E-state index contributed by atoms with van der Waals surface area (Å²) in [5.74, 6) is 0.0431. The van der Waals surface area contributed by atoms with Gasteiger partial charge in [-0.1, -0.05) is 24.3 Å². The first-order chi connectivity index (χ1) is 12.9. The number of carbonyl (C=O) groups excluding carboxylic acids is 1. The molecule has 1 saturated heterocycles. The SMILES string of the molecule is Cc1ccccc1CN1CCN([C@H](C)C(=O)Nc2c(C)nn(C)c2C)CC1. The Bertz CT molecular complexity index is 805. The number of aryl methyl sites for hydroxylation is 3. The highest BCUT2D eigenvalue weighted by Crippen LogP contribution is 2.20. The van der Waals surface area contributed by atoms with Gasteiger partial charge in [-0.25, -0.2) is 0 Å². The molecule has 3 rings (SSSR count). The molecule has 0 radical (unpaired) electrons. The Hall–Kier alpha value is -2.18. The van der Waals surface area contributed by atoms with Crippen LogP contribution in [0.3, 0.4) is 0 Å². The zero-order chi connectivity index (χ0) is 19.6. The van der Waals surface area contributed by atoms with E-state index in [1.807, 2.05) is 27.8 Å². The highest BCUT2D eigenvalue weighted by molar-refractivity contribution is 5.95. The summed E-state index contributed by atoms with van der Waals surface area (Å²) in [5, 5.41) is 7.45. The van der Waals surface area contributed by atoms with E-state index in [0.717, 1.165) is 49.8 Å². The fourth-order valence-corrected chi connectivity index (χ4v) is 3.69. The Morgan fingerprint density at radius 3 is 2.41 bits per heavy atom. The monoisotopic (exact) mass is 369 g/mol. The number of carbonyl (C=O) groups is 1. The summed E-state index contributed by atoms with van der Waals surface area (Å²) in [6.07, 6.45) is 0. The van der Waals surface area contributed by atoms with E-state index in [9.17, 15) is 4.79 Å². The number of nitrogens with one attached hydrogen (secondary N) is 1. The first kappa shape index (κ1) is 19.6. The van der Waals surface area contributed by atoms with Gasteiger partial charge < -0.3 is 5.32 Å². The number of hydrogen-bond donors (Lipinski definition) is 1. The number of anilines is 1. The Balaban J connectivity index is 1.54. The molecule has 1 aliphatic rings. The van der Waals surface area contributed by atoms with Crippen molar-refractivity contribution in [1.29, 1.82) is 0 Å². The van der Waals surface area contributed by atoms with E-state index < -0.39 is 0 Å². The van der Waals surface area contributed by atoms with Gasteiger partial charge in [0.2, 0.25) is 5.91 Å². The first-order valence-corrected chi connectivity index (χ1v) is 9.68. The van der Waals surface area contributed by atoms with Crippen molar-refractivity contribution < 1.29 is 4.79 Å². The van der Waals surface area contributed by atoms with Gasteiger partial charge in [0.1, 0.15) is 0 Å². The molecule has 27 heavy (non-hydrogen) atoms. The summed E-state index contributed by atoms with van der Waals surface area (Å²) >= 11 is 0. The van der Waals surface area contributed by atoms with Crippen LogP contribution < -0.4 is 5.32 Å². The van der Waals surface area contributed by atoms with Crippen molar-refractivity contribution in [3.63, 3.8) is 0 Å². The van der Waals surface area contributed by atoms with Crippen LogP contribution in [0.15, 0.2) is 24.3 Å². The fraction of sp³-hybridized carbons (Fsp3) is 0.524. The molecule has 1 fully saturated rings. The van der Waals surface area contributed by atoms with Crippen LogP contribution in [0.4, 0.5) is 5.69 Å². The Labute approximate surface area is 162 Å². The number of benzene rings is 1. The minimum atomic E-state index is -0.149. The number of aromatic nitrogens is 2. The molecule has 1 atom stereocenters. The van der Waals surface area contributed by atoms with E-state index >= 15 is 0 Å². The molecule has 0 spiro atoms. The van der Waals surface area contributed by atoms with E-state index in [1.54, 1.807) is 4.68 Å². The van der Waals surface area contributed by atoms with Gasteiger partial charge in [-0.3, -0.25) is 19.3 Å². The van der Waals surface area contributed by atoms with E-state index in [4.69, 9.17) is 0 Å². The molecule has 1 aromatic carbocycles. The van der Waals surface area contributed by atoms with Crippen LogP contribution in [0.2, 0.25) is 0 Å². The molecule has 0 saturated carbocycles. The fourth-order valence-electron chi connectivity index (χ4n) is 3.69. The Morgan fingerprint density at radius 2 is 1.81 bits per heavy atom. The molecule has 0 bridgehead atoms. The van der Waals surface area contributed by atoms with Gasteiger partial charge >= 0.3 is 0 Å². The standard InChI is InChI=1S/C21H31N5O/c1-15-8-6-7-9-19(15)14-25-10-12-26(13-11-25)18(4)21(27)22-20-16(2)23-24(5)17(20)3/h6-9,18H,10-14H2,1-5H3,(H,22,27)/t18-/m1/s1. The van der Waals surface area contributed by atoms with Crippen LogP contribution in [0.1, 0.15) is 29.4 Å². The molecule has 6 heteroatoms. The third-order valence-corrected chi connectivity index (χ3v) is 5.75. The number of rotatable bonds is 5. The van der Waals surface area contributed by atoms with Gasteiger partial charge in [0.05, 0.1) is 23.1 Å². The van der Waals surface area contributed by atoms with Crippen LogP contribution >= 0.6 is 0 Å². The van der Waals surface area contributed by atoms with Crippen molar-refractivity contribution >= 4 is 11.6 Å². The topological polar surface area (TPSA) is 53.4 Å². The molecule has 6 nitrogen and oxygen atoms in total. The second-order valence-electron chi connectivity index (χ2n) is 7.57. The second kappa shape index (κ2) is 8.23. The van der Waals surface area contributed by atoms with Gasteiger partial charge in [0.25, 0.3) is 0 Å². The lowest BCUT2D eigenvalue weighted by atomic mass is 10.1. The number of nitrogens with zero attached hydrogens (tertiary/aromatic N) is 4. The number of piperazine rings is 1. The molecule has 2 heterocycles. The quantitative estimate of drug-likeness (QED) is 0.880. The molecule has 1 N–H and O–H groups in total. The summed E-state index contributed by atoms with van der Waals surface area (Å²) in [6.45, 7) is 12.8. The van der Waals surface area contributed by atoms with Crippen molar-refractivity contribution in [1.82, 2.24) is 19.6 Å². The average molecular weight is 370 g/mol. The van der Waals surface area contributed by atoms with E-state index in [1.165, 1.54) is 11.1 Å². The lowest BCUT2D eigenvalue weighted by Gasteiger charge is -2.37. The molecular weight excluding hydrogens is 338 g/mol. The van der Waals surface area contributed by atoms with Gasteiger partial charge in [0.15, 0.2) is 0 Å². The molecule has 146 valence electrons. The number of amides is 1. The summed E-state index contributed by atoms with van der Waals surface area (Å²) in [7, 11) is 1.90. The molecule has 0 unspecified atom stereocenters. The minimum absolute atomic E-state index is 0.0431. The molecule has 1 amide bonds. The van der Waals surface area contributed by atoms with Crippen molar-refractivity contribution in [2.45, 2.75) is 40.3 Å². The first-order valence-electron chi connectivity index (χ1n) is 9.68. The Morgan fingerprint density at radius 1 is 1.15 bits per heavy atom. The molecule has 1 aromatic heterocycles. The predicted molar refractivity (Wildman–Crippen MR) is 109 cm³/mol. The maximum atomic E-state index is 12.7. The minimum Gasteiger partial charge on any atom is -0.322 e. The summed E-state index contributed by atoms with van der Waals surface area (Å²) in [4.78, 5) is 17.5. The smallest absolute Gasteiger partial charge is 0.241 e. The summed E-state index contributed by atoms with van der Waals surface area (Å²) in [5.41, 5.74) is 5.41. The van der Waals surface area contributed by atoms with E-state index in [0.29, 0.717) is 0 Å². The zero-order valence-electron chi connectivity index (χ0n) is 17.1. The average Bonchev–Trinajstić information content (AvgIpc) is 2.89. The van der Waals surface area contributed by atoms with Crippen molar-refractivity contribution in [3.05, 3.63) is 46.8 Å². The van der Waals surface area contributed by atoms with Gasteiger partial charge in [0, 0.05) is 39.8 Å². The summed E-state index contributed by atoms with van der Waals surface area (Å²) < 4.78 is 1.81. The summed E-state index contributed by atoms with van der Waals surface area (Å²) in [6, 6.07) is 8.41. The normalized spacial score (nSPS) is 17.1. The lowest BCUT2D eigenvalue weighted by molar-refractivity contribution is -0.121. The highest BCUT2D eigenvalue weighted by Gasteiger charge is 2.26. The van der Waals surface area contributed by atoms with E-state index in [2.05, 4.69) is 51.4 Å². The molecule has 1 aliphatic heterocycles. The van der Waals surface area contributed by atoms with E-state index in [-0.39, 0.29) is 11.9 Å². The predicted octanol–water partition coefficient (Wildman–Crippen LogP) is 2.49. The maximum absolute atomic E-state index is 12.7. The van der Waals surface area contributed by atoms with Crippen LogP contribution in [-0.2, 0) is 18.4 Å². The molecular formula is C21H31N5O. The van der Waals surface area contributed by atoms with Crippen molar-refractivity contribution in [2.75, 3.05) is 31.5 Å². The second-order valence-corrected chi connectivity index (χ2v) is 7.57. The van der Waals surface area contributed by atoms with Gasteiger partial charge in [-0.2, -0.15) is 5.10 Å². The van der Waals surface area contributed by atoms with Crippen molar-refractivity contribution in [2.24, 2.45) is 7.05 Å². The molecule has 0 aliphatic carbocycles. The maximum Gasteiger partial charge on any atom is 0.241 e. The lowest BCUT2D eigenvalue weighted by Crippen LogP contribution is -2.52. The third kappa shape index (κ3) is 4.39. The highest BCUT2D eigenvalue weighted by atomic mass is 16.2. The largest absolute Gasteiger partial charge is 0.322 e. The van der Waals surface area contributed by atoms with Crippen LogP contribution in [0, 0.1) is 20.8 Å². The Kier molecular flexibility index (Phi) is 5.97. The molecule has 2 aromatic rings. The zero-order valence-corrected chi connectivity index (χ0v) is 17.1. The van der Waals surface area contributed by atoms with Crippen LogP contribution in [0.5, 0.6) is 0 Å². The third-order valence-electron chi connectivity index (χ3n) is 5.75.